The van der Waals surface area contributed by atoms with Gasteiger partial charge in [0.1, 0.15) is 5.75 Å². The van der Waals surface area contributed by atoms with Crippen LogP contribution in [0.4, 0.5) is 0 Å². The molecular formula is C12H10BrCl2NOS. The van der Waals surface area contributed by atoms with Crippen LogP contribution in [0.15, 0.2) is 28.1 Å². The molecule has 2 aromatic rings. The number of benzene rings is 1. The van der Waals surface area contributed by atoms with Gasteiger partial charge in [0, 0.05) is 20.4 Å². The number of hydrogen-bond acceptors (Lipinski definition) is 3. The minimum atomic E-state index is -0.310. The van der Waals surface area contributed by atoms with Crippen LogP contribution in [0, 0.1) is 0 Å². The fourth-order valence-corrected chi connectivity index (χ4v) is 3.77. The molecule has 0 aliphatic rings. The second kappa shape index (κ2) is 5.80. The number of methoxy groups -OCH3 is 1. The van der Waals surface area contributed by atoms with Crippen LogP contribution in [0.3, 0.4) is 0 Å². The molecule has 0 aliphatic carbocycles. The van der Waals surface area contributed by atoms with Crippen LogP contribution >= 0.6 is 50.5 Å². The van der Waals surface area contributed by atoms with Crippen molar-refractivity contribution in [2.24, 2.45) is 5.73 Å². The summed E-state index contributed by atoms with van der Waals surface area (Å²) < 4.78 is 6.09. The Morgan fingerprint density at radius 3 is 2.61 bits per heavy atom. The lowest BCUT2D eigenvalue weighted by molar-refractivity contribution is 0.415. The molecule has 0 amide bonds. The van der Waals surface area contributed by atoms with E-state index in [0.717, 1.165) is 14.9 Å². The molecule has 1 atom stereocenters. The number of nitrogens with two attached hydrogens (primary N) is 1. The van der Waals surface area contributed by atoms with Gasteiger partial charge in [-0.05, 0) is 39.0 Å². The number of hydrogen-bond donors (Lipinski definition) is 1. The molecule has 1 aromatic carbocycles. The van der Waals surface area contributed by atoms with E-state index in [4.69, 9.17) is 33.7 Å². The zero-order valence-corrected chi connectivity index (χ0v) is 13.3. The topological polar surface area (TPSA) is 35.2 Å². The summed E-state index contributed by atoms with van der Waals surface area (Å²) in [6.07, 6.45) is 0. The Kier molecular flexibility index (Phi) is 4.56. The monoisotopic (exact) mass is 365 g/mol. The lowest BCUT2D eigenvalue weighted by atomic mass is 10.1. The summed E-state index contributed by atoms with van der Waals surface area (Å²) in [7, 11) is 1.55. The van der Waals surface area contributed by atoms with Crippen LogP contribution in [0.1, 0.15) is 16.5 Å². The fourth-order valence-electron chi connectivity index (χ4n) is 1.61. The molecule has 0 bridgehead atoms. The highest BCUT2D eigenvalue weighted by Crippen LogP contribution is 2.38. The molecule has 6 heteroatoms. The van der Waals surface area contributed by atoms with E-state index in [9.17, 15) is 0 Å². The van der Waals surface area contributed by atoms with Gasteiger partial charge < -0.3 is 10.5 Å². The molecule has 0 aliphatic heterocycles. The Morgan fingerprint density at radius 1 is 1.33 bits per heavy atom. The van der Waals surface area contributed by atoms with E-state index < -0.39 is 0 Å². The third-order valence-electron chi connectivity index (χ3n) is 2.53. The van der Waals surface area contributed by atoms with Crippen molar-refractivity contribution >= 4 is 50.5 Å². The van der Waals surface area contributed by atoms with Gasteiger partial charge in [0.05, 0.1) is 18.2 Å². The lowest BCUT2D eigenvalue weighted by Gasteiger charge is -2.15. The van der Waals surface area contributed by atoms with Crippen molar-refractivity contribution in [3.05, 3.63) is 48.5 Å². The van der Waals surface area contributed by atoms with Gasteiger partial charge in [-0.25, -0.2) is 0 Å². The van der Waals surface area contributed by atoms with E-state index >= 15 is 0 Å². The number of halogens is 3. The van der Waals surface area contributed by atoms with E-state index in [1.54, 1.807) is 30.6 Å². The minimum absolute atomic E-state index is 0.310. The summed E-state index contributed by atoms with van der Waals surface area (Å²) in [5.41, 5.74) is 7.00. The van der Waals surface area contributed by atoms with Crippen LogP contribution in [0.2, 0.25) is 10.0 Å². The number of rotatable bonds is 3. The third-order valence-corrected chi connectivity index (χ3v) is 5.11. The molecule has 0 saturated heterocycles. The molecule has 1 unspecified atom stereocenters. The highest BCUT2D eigenvalue weighted by molar-refractivity contribution is 9.10. The summed E-state index contributed by atoms with van der Waals surface area (Å²) >= 11 is 17.4. The standard InChI is InChI=1S/C12H10BrCl2NOS/c1-17-10-5-8(14)6(4-9(10)15)11(16)12-7(13)2-3-18-12/h2-5,11H,16H2,1H3. The molecule has 18 heavy (non-hydrogen) atoms. The zero-order chi connectivity index (χ0) is 13.3. The van der Waals surface area contributed by atoms with Gasteiger partial charge >= 0.3 is 0 Å². The van der Waals surface area contributed by atoms with Crippen molar-refractivity contribution in [1.82, 2.24) is 0 Å². The second-order valence-electron chi connectivity index (χ2n) is 3.62. The molecule has 0 fully saturated rings. The van der Waals surface area contributed by atoms with E-state index in [1.807, 2.05) is 11.4 Å². The van der Waals surface area contributed by atoms with Crippen molar-refractivity contribution in [3.63, 3.8) is 0 Å². The summed E-state index contributed by atoms with van der Waals surface area (Å²) in [6, 6.07) is 5.08. The highest BCUT2D eigenvalue weighted by Gasteiger charge is 2.18. The second-order valence-corrected chi connectivity index (χ2v) is 6.24. The maximum absolute atomic E-state index is 6.22. The molecule has 2 N–H and O–H groups in total. The summed E-state index contributed by atoms with van der Waals surface area (Å²) in [5.74, 6) is 0.544. The van der Waals surface area contributed by atoms with Crippen LogP contribution in [0.25, 0.3) is 0 Å². The van der Waals surface area contributed by atoms with E-state index in [0.29, 0.717) is 15.8 Å². The maximum atomic E-state index is 6.22. The molecule has 1 heterocycles. The molecule has 1 aromatic heterocycles. The first-order valence-corrected chi connectivity index (χ1v) is 7.49. The molecule has 0 spiro atoms. The van der Waals surface area contributed by atoms with Gasteiger partial charge in [-0.15, -0.1) is 11.3 Å². The van der Waals surface area contributed by atoms with E-state index in [1.165, 1.54) is 0 Å². The Labute approximate surface area is 128 Å². The van der Waals surface area contributed by atoms with E-state index in [2.05, 4.69) is 15.9 Å². The van der Waals surface area contributed by atoms with Gasteiger partial charge in [0.2, 0.25) is 0 Å². The van der Waals surface area contributed by atoms with Gasteiger partial charge in [-0.2, -0.15) is 0 Å². The van der Waals surface area contributed by atoms with Crippen LogP contribution in [-0.2, 0) is 0 Å². The van der Waals surface area contributed by atoms with Gasteiger partial charge in [-0.3, -0.25) is 0 Å². The van der Waals surface area contributed by atoms with Gasteiger partial charge in [0.15, 0.2) is 0 Å². The van der Waals surface area contributed by atoms with Crippen LogP contribution in [0.5, 0.6) is 5.75 Å². The molecule has 2 rings (SSSR count). The van der Waals surface area contributed by atoms with Crippen molar-refractivity contribution in [3.8, 4) is 5.75 Å². The molecular weight excluding hydrogens is 357 g/mol. The number of ether oxygens (including phenoxy) is 1. The first-order chi connectivity index (χ1) is 8.54. The van der Waals surface area contributed by atoms with Crippen molar-refractivity contribution in [1.29, 1.82) is 0 Å². The maximum Gasteiger partial charge on any atom is 0.138 e. The Morgan fingerprint density at radius 2 is 2.06 bits per heavy atom. The van der Waals surface area contributed by atoms with Crippen molar-refractivity contribution in [2.75, 3.05) is 7.11 Å². The molecule has 2 nitrogen and oxygen atoms in total. The van der Waals surface area contributed by atoms with Gasteiger partial charge in [0.25, 0.3) is 0 Å². The van der Waals surface area contributed by atoms with E-state index in [-0.39, 0.29) is 6.04 Å². The smallest absolute Gasteiger partial charge is 0.138 e. The average Bonchev–Trinajstić information content (AvgIpc) is 2.77. The lowest BCUT2D eigenvalue weighted by Crippen LogP contribution is -2.11. The van der Waals surface area contributed by atoms with Crippen molar-refractivity contribution in [2.45, 2.75) is 6.04 Å². The predicted octanol–water partition coefficient (Wildman–Crippen LogP) is 4.87. The molecule has 0 radical (unpaired) electrons. The first-order valence-electron chi connectivity index (χ1n) is 5.06. The number of thiophene rings is 1. The quantitative estimate of drug-likeness (QED) is 0.840. The average molecular weight is 367 g/mol. The van der Waals surface area contributed by atoms with Crippen LogP contribution < -0.4 is 10.5 Å². The van der Waals surface area contributed by atoms with Crippen LogP contribution in [-0.4, -0.2) is 7.11 Å². The fraction of sp³-hybridized carbons (Fsp3) is 0.167. The molecule has 96 valence electrons. The Balaban J connectivity index is 2.46. The third kappa shape index (κ3) is 2.68. The Bertz CT molecular complexity index is 573. The zero-order valence-electron chi connectivity index (χ0n) is 9.41. The summed E-state index contributed by atoms with van der Waals surface area (Å²) in [4.78, 5) is 1.01. The first kappa shape index (κ1) is 14.2. The Hall–Kier alpha value is -0.260. The molecule has 0 saturated carbocycles. The summed E-state index contributed by atoms with van der Waals surface area (Å²) in [5, 5.41) is 3.02. The SMILES string of the molecule is COc1cc(Cl)c(C(N)c2sccc2Br)cc1Cl. The normalized spacial score (nSPS) is 12.5. The minimum Gasteiger partial charge on any atom is -0.495 e. The predicted molar refractivity (Wildman–Crippen MR) is 81.1 cm³/mol. The van der Waals surface area contributed by atoms with Gasteiger partial charge in [-0.1, -0.05) is 23.2 Å². The summed E-state index contributed by atoms with van der Waals surface area (Å²) in [6.45, 7) is 0. The highest BCUT2D eigenvalue weighted by atomic mass is 79.9. The largest absolute Gasteiger partial charge is 0.495 e. The van der Waals surface area contributed by atoms with Crippen molar-refractivity contribution < 1.29 is 4.74 Å².